The lowest BCUT2D eigenvalue weighted by Gasteiger charge is -2.42. The molecule has 0 radical (unpaired) electrons. The Bertz CT molecular complexity index is 499. The second-order valence-electron chi connectivity index (χ2n) is 6.51. The Morgan fingerprint density at radius 3 is 2.81 bits per heavy atom. The molecule has 1 amide bonds. The number of likely N-dealkylation sites (tertiary alicyclic amines) is 1. The quantitative estimate of drug-likeness (QED) is 0.925. The summed E-state index contributed by atoms with van der Waals surface area (Å²) < 4.78 is 5.33. The molecule has 2 N–H and O–H groups in total. The van der Waals surface area contributed by atoms with Crippen LogP contribution in [-0.4, -0.2) is 37.0 Å². The van der Waals surface area contributed by atoms with Crippen LogP contribution in [0, 0.1) is 5.41 Å². The largest absolute Gasteiger partial charge is 0.496 e. The molecule has 21 heavy (non-hydrogen) atoms. The van der Waals surface area contributed by atoms with E-state index in [0.29, 0.717) is 12.8 Å². The summed E-state index contributed by atoms with van der Waals surface area (Å²) >= 11 is 0. The van der Waals surface area contributed by atoms with Gasteiger partial charge in [-0.3, -0.25) is 4.79 Å². The lowest BCUT2D eigenvalue weighted by atomic mass is 9.79. The van der Waals surface area contributed by atoms with Gasteiger partial charge in [-0.2, -0.15) is 0 Å². The zero-order valence-electron chi connectivity index (χ0n) is 13.3. The van der Waals surface area contributed by atoms with Crippen molar-refractivity contribution in [3.8, 4) is 5.75 Å². The van der Waals surface area contributed by atoms with Crippen LogP contribution in [0.2, 0.25) is 0 Å². The third-order valence-electron chi connectivity index (χ3n) is 4.47. The second kappa shape index (κ2) is 6.48. The van der Waals surface area contributed by atoms with E-state index in [9.17, 15) is 4.79 Å². The monoisotopic (exact) mass is 290 g/mol. The Labute approximate surface area is 127 Å². The number of benzene rings is 1. The molecule has 0 saturated carbocycles. The number of ether oxygens (including phenoxy) is 1. The number of carbonyl (C=O) groups is 1. The van der Waals surface area contributed by atoms with Gasteiger partial charge >= 0.3 is 0 Å². The lowest BCUT2D eigenvalue weighted by molar-refractivity contribution is -0.134. The van der Waals surface area contributed by atoms with Gasteiger partial charge in [-0.15, -0.1) is 0 Å². The molecule has 2 rings (SSSR count). The van der Waals surface area contributed by atoms with E-state index in [1.807, 2.05) is 29.2 Å². The van der Waals surface area contributed by atoms with Crippen molar-refractivity contribution in [3.63, 3.8) is 0 Å². The van der Waals surface area contributed by atoms with Crippen LogP contribution in [-0.2, 0) is 11.2 Å². The highest BCUT2D eigenvalue weighted by molar-refractivity contribution is 5.76. The van der Waals surface area contributed by atoms with Crippen molar-refractivity contribution in [1.29, 1.82) is 0 Å². The minimum atomic E-state index is -0.00164. The van der Waals surface area contributed by atoms with Crippen LogP contribution >= 0.6 is 0 Å². The number of rotatable bonds is 4. The summed E-state index contributed by atoms with van der Waals surface area (Å²) in [6.45, 7) is 5.79. The van der Waals surface area contributed by atoms with E-state index >= 15 is 0 Å². The van der Waals surface area contributed by atoms with Gasteiger partial charge in [-0.1, -0.05) is 32.0 Å². The average Bonchev–Trinajstić information content (AvgIpc) is 2.47. The summed E-state index contributed by atoms with van der Waals surface area (Å²) in [6, 6.07) is 8.05. The topological polar surface area (TPSA) is 55.6 Å². The normalized spacial score (nSPS) is 21.1. The summed E-state index contributed by atoms with van der Waals surface area (Å²) in [7, 11) is 1.66. The SMILES string of the molecule is COc1ccccc1CCC(=O)N1CCC(N)C(C)(C)C1. The predicted molar refractivity (Wildman–Crippen MR) is 84.3 cm³/mol. The van der Waals surface area contributed by atoms with Crippen molar-refractivity contribution in [2.75, 3.05) is 20.2 Å². The fourth-order valence-electron chi connectivity index (χ4n) is 2.90. The molecule has 0 aliphatic carbocycles. The van der Waals surface area contributed by atoms with E-state index in [0.717, 1.165) is 30.8 Å². The number of nitrogens with zero attached hydrogens (tertiary/aromatic N) is 1. The standard InChI is InChI=1S/C17H26N2O2/c1-17(2)12-19(11-10-15(17)18)16(20)9-8-13-6-4-5-7-14(13)21-3/h4-7,15H,8-12,18H2,1-3H3. The van der Waals surface area contributed by atoms with E-state index < -0.39 is 0 Å². The Hall–Kier alpha value is -1.55. The summed E-state index contributed by atoms with van der Waals surface area (Å²) in [6.07, 6.45) is 2.12. The Kier molecular flexibility index (Phi) is 4.88. The van der Waals surface area contributed by atoms with Gasteiger partial charge in [0.2, 0.25) is 5.91 Å². The van der Waals surface area contributed by atoms with Crippen LogP contribution in [0.3, 0.4) is 0 Å². The van der Waals surface area contributed by atoms with Gasteiger partial charge in [0.15, 0.2) is 0 Å². The van der Waals surface area contributed by atoms with Crippen LogP contribution in [0.1, 0.15) is 32.3 Å². The Balaban J connectivity index is 1.93. The number of aryl methyl sites for hydroxylation is 1. The summed E-state index contributed by atoms with van der Waals surface area (Å²) in [4.78, 5) is 14.4. The Morgan fingerprint density at radius 2 is 2.14 bits per heavy atom. The maximum absolute atomic E-state index is 12.4. The van der Waals surface area contributed by atoms with Crippen LogP contribution in [0.25, 0.3) is 0 Å². The fraction of sp³-hybridized carbons (Fsp3) is 0.588. The highest BCUT2D eigenvalue weighted by Crippen LogP contribution is 2.28. The van der Waals surface area contributed by atoms with Crippen molar-refractivity contribution in [1.82, 2.24) is 4.90 Å². The van der Waals surface area contributed by atoms with Gasteiger partial charge in [0.25, 0.3) is 0 Å². The van der Waals surface area contributed by atoms with E-state index in [1.165, 1.54) is 0 Å². The molecule has 0 spiro atoms. The molecule has 1 aromatic rings. The molecular formula is C17H26N2O2. The zero-order valence-corrected chi connectivity index (χ0v) is 13.3. The van der Waals surface area contributed by atoms with Gasteiger partial charge in [0, 0.05) is 25.6 Å². The van der Waals surface area contributed by atoms with E-state index in [1.54, 1.807) is 7.11 Å². The van der Waals surface area contributed by atoms with Gasteiger partial charge in [-0.25, -0.2) is 0 Å². The molecule has 1 fully saturated rings. The molecule has 4 nitrogen and oxygen atoms in total. The predicted octanol–water partition coefficient (Wildman–Crippen LogP) is 2.21. The summed E-state index contributed by atoms with van der Waals surface area (Å²) in [5, 5.41) is 0. The van der Waals surface area contributed by atoms with Crippen LogP contribution in [0.5, 0.6) is 5.75 Å². The number of carbonyl (C=O) groups excluding carboxylic acids is 1. The number of hydrogen-bond donors (Lipinski definition) is 1. The molecule has 1 saturated heterocycles. The first kappa shape index (κ1) is 15.8. The minimum Gasteiger partial charge on any atom is -0.496 e. The van der Waals surface area contributed by atoms with Crippen LogP contribution in [0.4, 0.5) is 0 Å². The third-order valence-corrected chi connectivity index (χ3v) is 4.47. The molecule has 116 valence electrons. The molecule has 4 heteroatoms. The molecular weight excluding hydrogens is 264 g/mol. The first-order valence-electron chi connectivity index (χ1n) is 7.59. The molecule has 1 aliphatic rings. The average molecular weight is 290 g/mol. The Morgan fingerprint density at radius 1 is 1.43 bits per heavy atom. The highest BCUT2D eigenvalue weighted by atomic mass is 16.5. The van der Waals surface area contributed by atoms with E-state index in [2.05, 4.69) is 13.8 Å². The van der Waals surface area contributed by atoms with E-state index in [4.69, 9.17) is 10.5 Å². The van der Waals surface area contributed by atoms with Crippen molar-refractivity contribution < 1.29 is 9.53 Å². The lowest BCUT2D eigenvalue weighted by Crippen LogP contribution is -2.54. The van der Waals surface area contributed by atoms with Crippen molar-refractivity contribution in [3.05, 3.63) is 29.8 Å². The fourth-order valence-corrected chi connectivity index (χ4v) is 2.90. The number of piperidine rings is 1. The smallest absolute Gasteiger partial charge is 0.222 e. The first-order chi connectivity index (χ1) is 9.94. The molecule has 1 atom stereocenters. The third kappa shape index (κ3) is 3.76. The molecule has 0 aromatic heterocycles. The number of methoxy groups -OCH3 is 1. The summed E-state index contributed by atoms with van der Waals surface area (Å²) in [5.41, 5.74) is 7.21. The minimum absolute atomic E-state index is 0.00164. The van der Waals surface area contributed by atoms with Crippen molar-refractivity contribution in [2.45, 2.75) is 39.2 Å². The van der Waals surface area contributed by atoms with Gasteiger partial charge in [-0.05, 0) is 29.9 Å². The van der Waals surface area contributed by atoms with Gasteiger partial charge in [0.1, 0.15) is 5.75 Å². The maximum atomic E-state index is 12.4. The molecule has 1 aromatic carbocycles. The number of para-hydroxylation sites is 1. The second-order valence-corrected chi connectivity index (χ2v) is 6.51. The van der Waals surface area contributed by atoms with E-state index in [-0.39, 0.29) is 17.4 Å². The van der Waals surface area contributed by atoms with Gasteiger partial charge in [0.05, 0.1) is 7.11 Å². The molecule has 1 aliphatic heterocycles. The number of amides is 1. The molecule has 0 bridgehead atoms. The van der Waals surface area contributed by atoms with Crippen molar-refractivity contribution >= 4 is 5.91 Å². The maximum Gasteiger partial charge on any atom is 0.222 e. The van der Waals surface area contributed by atoms with Gasteiger partial charge < -0.3 is 15.4 Å². The van der Waals surface area contributed by atoms with Crippen molar-refractivity contribution in [2.24, 2.45) is 11.1 Å². The number of nitrogens with two attached hydrogens (primary N) is 1. The molecule has 1 unspecified atom stereocenters. The van der Waals surface area contributed by atoms with Crippen LogP contribution < -0.4 is 10.5 Å². The summed E-state index contributed by atoms with van der Waals surface area (Å²) in [5.74, 6) is 1.06. The number of hydrogen-bond acceptors (Lipinski definition) is 3. The molecule has 1 heterocycles. The first-order valence-corrected chi connectivity index (χ1v) is 7.59. The van der Waals surface area contributed by atoms with Crippen LogP contribution in [0.15, 0.2) is 24.3 Å². The zero-order chi connectivity index (χ0) is 15.5. The highest BCUT2D eigenvalue weighted by Gasteiger charge is 2.35.